The molecule has 0 amide bonds. The van der Waals surface area contributed by atoms with E-state index in [0.717, 1.165) is 56.4 Å². The molecule has 1 aliphatic heterocycles. The van der Waals surface area contributed by atoms with Crippen LogP contribution in [0.4, 0.5) is 4.39 Å². The highest BCUT2D eigenvalue weighted by Gasteiger charge is 2.32. The van der Waals surface area contributed by atoms with Crippen LogP contribution in [0.25, 0.3) is 0 Å². The van der Waals surface area contributed by atoms with Crippen molar-refractivity contribution in [2.75, 3.05) is 13.1 Å². The average Bonchev–Trinajstić information content (AvgIpc) is 3.51. The number of likely N-dealkylation sites (tertiary alicyclic amines) is 1. The van der Waals surface area contributed by atoms with Crippen molar-refractivity contribution < 1.29 is 18.7 Å². The third-order valence-corrected chi connectivity index (χ3v) is 6.26. The number of piperidine rings is 1. The van der Waals surface area contributed by atoms with Gasteiger partial charge >= 0.3 is 5.97 Å². The number of nitrogens with zero attached hydrogens (tertiary/aromatic N) is 1. The van der Waals surface area contributed by atoms with Crippen LogP contribution in [-0.2, 0) is 11.3 Å². The van der Waals surface area contributed by atoms with Crippen molar-refractivity contribution in [3.05, 3.63) is 62.9 Å². The predicted molar refractivity (Wildman–Crippen MR) is 129 cm³/mol. The van der Waals surface area contributed by atoms with Gasteiger partial charge in [-0.1, -0.05) is 23.2 Å². The second-order valence-electron chi connectivity index (χ2n) is 10.0. The molecule has 0 bridgehead atoms. The minimum absolute atomic E-state index is 0.0257. The number of hydrogen-bond donors (Lipinski definition) is 0. The van der Waals surface area contributed by atoms with Crippen LogP contribution in [-0.4, -0.2) is 35.7 Å². The lowest BCUT2D eigenvalue weighted by atomic mass is 10.0. The molecule has 2 aliphatic rings. The number of rotatable bonds is 6. The maximum absolute atomic E-state index is 14.9. The number of ether oxygens (including phenoxy) is 2. The second-order valence-corrected chi connectivity index (χ2v) is 10.9. The van der Waals surface area contributed by atoms with Crippen LogP contribution in [0.15, 0.2) is 30.3 Å². The highest BCUT2D eigenvalue weighted by molar-refractivity contribution is 6.34. The van der Waals surface area contributed by atoms with E-state index in [4.69, 9.17) is 32.7 Å². The van der Waals surface area contributed by atoms with E-state index >= 15 is 0 Å². The smallest absolute Gasteiger partial charge is 0.341 e. The van der Waals surface area contributed by atoms with Crippen molar-refractivity contribution in [3.8, 4) is 5.75 Å². The number of esters is 1. The Labute approximate surface area is 205 Å². The van der Waals surface area contributed by atoms with E-state index < -0.39 is 17.4 Å². The summed E-state index contributed by atoms with van der Waals surface area (Å²) in [7, 11) is 0. The minimum atomic E-state index is -0.683. The molecule has 1 saturated heterocycles. The first-order chi connectivity index (χ1) is 15.6. The molecule has 0 N–H and O–H groups in total. The summed E-state index contributed by atoms with van der Waals surface area (Å²) in [4.78, 5) is 14.8. The molecule has 33 heavy (non-hydrogen) atoms. The molecule has 1 atom stereocenters. The van der Waals surface area contributed by atoms with Gasteiger partial charge in [0.1, 0.15) is 23.3 Å². The van der Waals surface area contributed by atoms with Crippen LogP contribution in [0, 0.1) is 5.82 Å². The molecule has 1 heterocycles. The Kier molecular flexibility index (Phi) is 7.23. The van der Waals surface area contributed by atoms with Gasteiger partial charge in [0.2, 0.25) is 0 Å². The fourth-order valence-electron chi connectivity index (χ4n) is 4.27. The van der Waals surface area contributed by atoms with Crippen LogP contribution in [0.5, 0.6) is 5.75 Å². The van der Waals surface area contributed by atoms with Crippen molar-refractivity contribution >= 4 is 29.2 Å². The molecular weight excluding hydrogens is 464 g/mol. The standard InChI is InChI=1S/C26H30Cl2FNO3/c1-26(2,3)33-25(31)22-12-21(17-6-7-17)24(13-23(22)29)32-20-5-4-8-30(15-20)14-16-9-18(27)11-19(28)10-16/h9-13,17,20H,4-8,14-15H2,1-3H3. The summed E-state index contributed by atoms with van der Waals surface area (Å²) >= 11 is 12.3. The maximum atomic E-state index is 14.9. The number of carbonyl (C=O) groups excluding carboxylic acids is 1. The first-order valence-electron chi connectivity index (χ1n) is 11.5. The Morgan fingerprint density at radius 3 is 2.42 bits per heavy atom. The van der Waals surface area contributed by atoms with Crippen molar-refractivity contribution in [1.82, 2.24) is 4.90 Å². The summed E-state index contributed by atoms with van der Waals surface area (Å²) in [6, 6.07) is 8.57. The molecule has 0 spiro atoms. The molecule has 7 heteroatoms. The third-order valence-electron chi connectivity index (χ3n) is 5.82. The summed E-state index contributed by atoms with van der Waals surface area (Å²) < 4.78 is 26.6. The van der Waals surface area contributed by atoms with Crippen molar-refractivity contribution in [2.45, 2.75) is 70.6 Å². The highest BCUT2D eigenvalue weighted by Crippen LogP contribution is 2.45. The van der Waals surface area contributed by atoms with Crippen LogP contribution in [0.2, 0.25) is 10.0 Å². The molecule has 178 valence electrons. The lowest BCUT2D eigenvalue weighted by Gasteiger charge is -2.33. The summed E-state index contributed by atoms with van der Waals surface area (Å²) in [5, 5.41) is 1.24. The summed E-state index contributed by atoms with van der Waals surface area (Å²) in [6.07, 6.45) is 3.85. The fourth-order valence-corrected chi connectivity index (χ4v) is 4.84. The van der Waals surface area contributed by atoms with E-state index in [2.05, 4.69) is 4.90 Å². The Bertz CT molecular complexity index is 1010. The Morgan fingerprint density at radius 1 is 1.09 bits per heavy atom. The van der Waals surface area contributed by atoms with E-state index in [1.807, 2.05) is 12.1 Å². The van der Waals surface area contributed by atoms with E-state index in [-0.39, 0.29) is 11.7 Å². The van der Waals surface area contributed by atoms with Gasteiger partial charge < -0.3 is 9.47 Å². The molecule has 4 rings (SSSR count). The predicted octanol–water partition coefficient (Wildman–Crippen LogP) is 7.01. The van der Waals surface area contributed by atoms with Gasteiger partial charge in [-0.15, -0.1) is 0 Å². The molecular formula is C26H30Cl2FNO3. The molecule has 1 saturated carbocycles. The van der Waals surface area contributed by atoms with E-state index in [0.29, 0.717) is 21.7 Å². The van der Waals surface area contributed by atoms with E-state index in [1.165, 1.54) is 6.07 Å². The molecule has 2 aromatic carbocycles. The van der Waals surface area contributed by atoms with Crippen LogP contribution in [0.3, 0.4) is 0 Å². The van der Waals surface area contributed by atoms with Crippen LogP contribution < -0.4 is 4.74 Å². The van der Waals surface area contributed by atoms with Gasteiger partial charge in [-0.3, -0.25) is 4.90 Å². The van der Waals surface area contributed by atoms with E-state index in [9.17, 15) is 9.18 Å². The SMILES string of the molecule is CC(C)(C)OC(=O)c1cc(C2CC2)c(OC2CCCN(Cc3cc(Cl)cc(Cl)c3)C2)cc1F. The van der Waals surface area contributed by atoms with Crippen LogP contribution >= 0.6 is 23.2 Å². The molecule has 1 unspecified atom stereocenters. The number of carbonyl (C=O) groups is 1. The topological polar surface area (TPSA) is 38.8 Å². The van der Waals surface area contributed by atoms with Crippen molar-refractivity contribution in [1.29, 1.82) is 0 Å². The Hall–Kier alpha value is -1.82. The Morgan fingerprint density at radius 2 is 1.79 bits per heavy atom. The van der Waals surface area contributed by atoms with Gasteiger partial charge in [0.15, 0.2) is 0 Å². The second kappa shape index (κ2) is 9.81. The first kappa shape index (κ1) is 24.3. The van der Waals surface area contributed by atoms with Gasteiger partial charge in [-0.25, -0.2) is 9.18 Å². The number of benzene rings is 2. The van der Waals surface area contributed by atoms with Gasteiger partial charge in [-0.05, 0) is 94.3 Å². The maximum Gasteiger partial charge on any atom is 0.341 e. The lowest BCUT2D eigenvalue weighted by Crippen LogP contribution is -2.40. The normalized spacial score (nSPS) is 19.4. The minimum Gasteiger partial charge on any atom is -0.489 e. The number of hydrogen-bond acceptors (Lipinski definition) is 4. The average molecular weight is 494 g/mol. The summed E-state index contributed by atoms with van der Waals surface area (Å²) in [5.74, 6) is -0.405. The quantitative estimate of drug-likeness (QED) is 0.405. The van der Waals surface area contributed by atoms with Gasteiger partial charge in [-0.2, -0.15) is 0 Å². The van der Waals surface area contributed by atoms with Crippen molar-refractivity contribution in [2.24, 2.45) is 0 Å². The molecule has 1 aliphatic carbocycles. The third kappa shape index (κ3) is 6.62. The number of halogens is 3. The zero-order valence-corrected chi connectivity index (χ0v) is 20.8. The molecule has 0 radical (unpaired) electrons. The van der Waals surface area contributed by atoms with Crippen LogP contribution in [0.1, 0.15) is 73.9 Å². The van der Waals surface area contributed by atoms with Crippen molar-refractivity contribution in [3.63, 3.8) is 0 Å². The monoisotopic (exact) mass is 493 g/mol. The molecule has 0 aromatic heterocycles. The Balaban J connectivity index is 1.48. The molecule has 2 aromatic rings. The van der Waals surface area contributed by atoms with Gasteiger partial charge in [0.25, 0.3) is 0 Å². The van der Waals surface area contributed by atoms with Gasteiger partial charge in [0, 0.05) is 29.2 Å². The summed E-state index contributed by atoms with van der Waals surface area (Å²) in [6.45, 7) is 7.72. The summed E-state index contributed by atoms with van der Waals surface area (Å²) in [5.41, 5.74) is 1.25. The largest absolute Gasteiger partial charge is 0.489 e. The zero-order chi connectivity index (χ0) is 23.8. The van der Waals surface area contributed by atoms with E-state index in [1.54, 1.807) is 32.9 Å². The zero-order valence-electron chi connectivity index (χ0n) is 19.3. The first-order valence-corrected chi connectivity index (χ1v) is 12.2. The fraction of sp³-hybridized carbons (Fsp3) is 0.500. The lowest BCUT2D eigenvalue weighted by molar-refractivity contribution is 0.00644. The highest BCUT2D eigenvalue weighted by atomic mass is 35.5. The molecule has 4 nitrogen and oxygen atoms in total. The molecule has 2 fully saturated rings. The van der Waals surface area contributed by atoms with Gasteiger partial charge in [0.05, 0.1) is 5.56 Å².